The number of hydrogen-bond acceptors (Lipinski definition) is 7. The van der Waals surface area contributed by atoms with Crippen molar-refractivity contribution in [1.82, 2.24) is 5.32 Å². The van der Waals surface area contributed by atoms with E-state index in [1.54, 1.807) is 12.1 Å². The Hall–Kier alpha value is -1.97. The Morgan fingerprint density at radius 2 is 1.63 bits per heavy atom. The Bertz CT molecular complexity index is 1050. The summed E-state index contributed by atoms with van der Waals surface area (Å²) in [6.45, 7) is 7.42. The summed E-state index contributed by atoms with van der Waals surface area (Å²) in [4.78, 5) is 25.3. The third kappa shape index (κ3) is 6.43. The number of benzene rings is 1. The van der Waals surface area contributed by atoms with E-state index in [0.717, 1.165) is 19.3 Å². The minimum absolute atomic E-state index is 0.106. The lowest BCUT2D eigenvalue weighted by molar-refractivity contribution is -0.161. The maximum Gasteiger partial charge on any atom is 0.317 e. The van der Waals surface area contributed by atoms with Crippen molar-refractivity contribution in [3.05, 3.63) is 23.8 Å². The molecule has 2 N–H and O–H groups in total. The van der Waals surface area contributed by atoms with Crippen LogP contribution in [-0.4, -0.2) is 42.7 Å². The van der Waals surface area contributed by atoms with E-state index < -0.39 is 33.2 Å². The lowest BCUT2D eigenvalue weighted by Crippen LogP contribution is -2.51. The molecule has 5 rings (SSSR count). The molecule has 194 valence electrons. The summed E-state index contributed by atoms with van der Waals surface area (Å²) in [5.74, 6) is -0.0151. The molecule has 1 aromatic carbocycles. The Morgan fingerprint density at radius 1 is 1.06 bits per heavy atom. The van der Waals surface area contributed by atoms with Gasteiger partial charge in [0.15, 0.2) is 11.5 Å². The minimum Gasteiger partial charge on any atom is -0.423 e. The summed E-state index contributed by atoms with van der Waals surface area (Å²) < 4.78 is 44.3. The number of rotatable bonds is 8. The van der Waals surface area contributed by atoms with Gasteiger partial charge in [-0.3, -0.25) is 14.1 Å². The van der Waals surface area contributed by atoms with Crippen LogP contribution in [-0.2, 0) is 19.7 Å². The number of esters is 2. The monoisotopic (exact) mass is 507 g/mol. The molecule has 4 aliphatic rings. The van der Waals surface area contributed by atoms with Crippen LogP contribution in [0, 0.1) is 23.2 Å². The quantitative estimate of drug-likeness (QED) is 0.307. The van der Waals surface area contributed by atoms with Gasteiger partial charge in [0, 0.05) is 24.9 Å². The van der Waals surface area contributed by atoms with Crippen LogP contribution in [0.2, 0.25) is 0 Å². The highest BCUT2D eigenvalue weighted by molar-refractivity contribution is 7.85. The van der Waals surface area contributed by atoms with Crippen molar-refractivity contribution >= 4 is 22.1 Å². The van der Waals surface area contributed by atoms with Crippen molar-refractivity contribution in [1.29, 1.82) is 0 Å². The molecule has 1 unspecified atom stereocenters. The predicted octanol–water partition coefficient (Wildman–Crippen LogP) is 4.09. The molecule has 8 nitrogen and oxygen atoms in total. The molecule has 1 aromatic rings. The van der Waals surface area contributed by atoms with Gasteiger partial charge in [-0.25, -0.2) is 0 Å². The zero-order chi connectivity index (χ0) is 25.6. The second-order valence-corrected chi connectivity index (χ2v) is 13.5. The van der Waals surface area contributed by atoms with Gasteiger partial charge in [0.1, 0.15) is 0 Å². The van der Waals surface area contributed by atoms with Gasteiger partial charge in [-0.05, 0) is 94.7 Å². The highest BCUT2D eigenvalue weighted by Crippen LogP contribution is 2.60. The van der Waals surface area contributed by atoms with Gasteiger partial charge >= 0.3 is 11.9 Å². The van der Waals surface area contributed by atoms with Gasteiger partial charge in [-0.15, -0.1) is 0 Å². The average Bonchev–Trinajstić information content (AvgIpc) is 2.69. The Balaban J connectivity index is 1.63. The van der Waals surface area contributed by atoms with Crippen molar-refractivity contribution in [2.24, 2.45) is 23.2 Å². The molecule has 0 spiro atoms. The summed E-state index contributed by atoms with van der Waals surface area (Å²) in [6, 6.07) is 4.73. The summed E-state index contributed by atoms with van der Waals surface area (Å²) in [5.41, 5.74) is -0.216. The van der Waals surface area contributed by atoms with Crippen LogP contribution in [0.25, 0.3) is 0 Å². The summed E-state index contributed by atoms with van der Waals surface area (Å²) in [6.07, 6.45) is 6.08. The van der Waals surface area contributed by atoms with E-state index in [4.69, 9.17) is 9.47 Å². The molecule has 0 heterocycles. The van der Waals surface area contributed by atoms with Crippen LogP contribution in [0.3, 0.4) is 0 Å². The number of carbonyl (C=O) groups is 2. The van der Waals surface area contributed by atoms with Gasteiger partial charge in [0.05, 0.1) is 11.2 Å². The maximum atomic E-state index is 13.6. The fraction of sp³-hybridized carbons (Fsp3) is 0.692. The highest BCUT2D eigenvalue weighted by Gasteiger charge is 2.55. The zero-order valence-electron chi connectivity index (χ0n) is 21.0. The number of ether oxygens (including phenoxy) is 2. The molecule has 0 saturated heterocycles. The van der Waals surface area contributed by atoms with E-state index in [9.17, 15) is 22.6 Å². The third-order valence-electron chi connectivity index (χ3n) is 7.66. The number of nitrogens with one attached hydrogen (secondary N) is 1. The predicted molar refractivity (Wildman–Crippen MR) is 131 cm³/mol. The van der Waals surface area contributed by atoms with E-state index in [0.29, 0.717) is 23.3 Å². The van der Waals surface area contributed by atoms with Crippen LogP contribution in [0.1, 0.15) is 77.7 Å². The van der Waals surface area contributed by atoms with E-state index in [1.807, 2.05) is 20.8 Å². The Kier molecular flexibility index (Phi) is 7.07. The van der Waals surface area contributed by atoms with E-state index in [2.05, 4.69) is 5.32 Å². The lowest BCUT2D eigenvalue weighted by atomic mass is 9.49. The second-order valence-electron chi connectivity index (χ2n) is 12.0. The van der Waals surface area contributed by atoms with Crippen molar-refractivity contribution in [2.75, 3.05) is 12.3 Å². The normalized spacial score (nSPS) is 28.5. The largest absolute Gasteiger partial charge is 0.423 e. The topological polar surface area (TPSA) is 119 Å². The molecule has 9 heteroatoms. The summed E-state index contributed by atoms with van der Waals surface area (Å²) in [5, 5.41) is 3.27. The molecule has 0 radical (unpaired) electrons. The maximum absolute atomic E-state index is 13.6. The SMILES string of the molecule is CC(=O)Oc1ccc(C(CNC(C)(C)C)CS(=O)(=O)O)cc1OC(=O)C12CC3CC(CC(C3)C1)C2. The van der Waals surface area contributed by atoms with Crippen LogP contribution in [0.5, 0.6) is 11.5 Å². The zero-order valence-corrected chi connectivity index (χ0v) is 21.8. The molecular weight excluding hydrogens is 470 g/mol. The third-order valence-corrected chi connectivity index (χ3v) is 8.48. The first kappa shape index (κ1) is 26.1. The van der Waals surface area contributed by atoms with Crippen LogP contribution in [0.15, 0.2) is 18.2 Å². The molecule has 4 fully saturated rings. The van der Waals surface area contributed by atoms with E-state index in [-0.39, 0.29) is 29.6 Å². The average molecular weight is 508 g/mol. The molecule has 4 bridgehead atoms. The van der Waals surface area contributed by atoms with Gasteiger partial charge in [0.2, 0.25) is 0 Å². The van der Waals surface area contributed by atoms with Crippen molar-refractivity contribution in [2.45, 2.75) is 77.7 Å². The van der Waals surface area contributed by atoms with Gasteiger partial charge in [-0.1, -0.05) is 6.07 Å². The van der Waals surface area contributed by atoms with Gasteiger partial charge in [0.25, 0.3) is 10.1 Å². The van der Waals surface area contributed by atoms with E-state index in [1.165, 1.54) is 32.3 Å². The molecule has 4 aliphatic carbocycles. The van der Waals surface area contributed by atoms with E-state index >= 15 is 0 Å². The standard InChI is InChI=1S/C26H37NO7S/c1-16(28)33-22-6-5-20(21(15-35(30,31)32)14-27-25(2,3)4)10-23(22)34-24(29)26-11-17-7-18(12-26)9-19(8-17)13-26/h5-6,10,17-19,21,27H,7-9,11-15H2,1-4H3,(H,30,31,32). The number of hydrogen-bond donors (Lipinski definition) is 2. The molecule has 35 heavy (non-hydrogen) atoms. The van der Waals surface area contributed by atoms with Crippen molar-refractivity contribution < 1.29 is 32.0 Å². The fourth-order valence-electron chi connectivity index (χ4n) is 6.62. The van der Waals surface area contributed by atoms with Crippen molar-refractivity contribution in [3.8, 4) is 11.5 Å². The van der Waals surface area contributed by atoms with Crippen LogP contribution in [0.4, 0.5) is 0 Å². The minimum atomic E-state index is -4.27. The Morgan fingerprint density at radius 3 is 2.11 bits per heavy atom. The molecule has 1 atom stereocenters. The van der Waals surface area contributed by atoms with Crippen LogP contribution >= 0.6 is 0 Å². The number of carbonyl (C=O) groups excluding carboxylic acids is 2. The van der Waals surface area contributed by atoms with Gasteiger partial charge < -0.3 is 14.8 Å². The fourth-order valence-corrected chi connectivity index (χ4v) is 7.44. The first-order valence-electron chi connectivity index (χ1n) is 12.5. The second kappa shape index (κ2) is 9.48. The molecular formula is C26H37NO7S. The van der Waals surface area contributed by atoms with Gasteiger partial charge in [-0.2, -0.15) is 8.42 Å². The highest BCUT2D eigenvalue weighted by atomic mass is 32.2. The smallest absolute Gasteiger partial charge is 0.317 e. The van der Waals surface area contributed by atoms with Crippen LogP contribution < -0.4 is 14.8 Å². The molecule has 0 aliphatic heterocycles. The molecule has 0 aromatic heterocycles. The van der Waals surface area contributed by atoms with Crippen molar-refractivity contribution in [3.63, 3.8) is 0 Å². The first-order valence-corrected chi connectivity index (χ1v) is 14.1. The molecule has 4 saturated carbocycles. The Labute approximate surface area is 207 Å². The first-order chi connectivity index (χ1) is 16.2. The molecule has 0 amide bonds. The lowest BCUT2D eigenvalue weighted by Gasteiger charge is -2.55. The summed E-state index contributed by atoms with van der Waals surface area (Å²) in [7, 11) is -4.27. The summed E-state index contributed by atoms with van der Waals surface area (Å²) >= 11 is 0.